The fourth-order valence-corrected chi connectivity index (χ4v) is 2.30. The van der Waals surface area contributed by atoms with Crippen LogP contribution >= 0.6 is 11.5 Å². The van der Waals surface area contributed by atoms with Gasteiger partial charge in [-0.1, -0.05) is 0 Å². The van der Waals surface area contributed by atoms with Crippen molar-refractivity contribution in [1.82, 2.24) is 13.9 Å². The molecule has 1 aliphatic rings. The van der Waals surface area contributed by atoms with Crippen molar-refractivity contribution in [1.29, 1.82) is 0 Å². The van der Waals surface area contributed by atoms with E-state index in [2.05, 4.69) is 31.6 Å². The van der Waals surface area contributed by atoms with Crippen molar-refractivity contribution in [2.24, 2.45) is 0 Å². The zero-order valence-electron chi connectivity index (χ0n) is 8.97. The quantitative estimate of drug-likeness (QED) is 0.863. The van der Waals surface area contributed by atoms with Crippen molar-refractivity contribution < 1.29 is 0 Å². The Morgan fingerprint density at radius 1 is 1.38 bits per heavy atom. The first kappa shape index (κ1) is 9.84. The number of aromatic nitrogens is 3. The van der Waals surface area contributed by atoms with Crippen LogP contribution in [0.2, 0.25) is 0 Å². The van der Waals surface area contributed by atoms with Gasteiger partial charge in [-0.3, -0.25) is 0 Å². The molecule has 0 bridgehead atoms. The lowest BCUT2D eigenvalue weighted by atomic mass is 10.4. The largest absolute Gasteiger partial charge is 0.358 e. The lowest BCUT2D eigenvalue weighted by molar-refractivity contribution is 0.732. The van der Waals surface area contributed by atoms with Gasteiger partial charge >= 0.3 is 0 Å². The van der Waals surface area contributed by atoms with Gasteiger partial charge in [-0.25, -0.2) is 4.98 Å². The summed E-state index contributed by atoms with van der Waals surface area (Å²) in [6, 6.07) is 4.08. The summed E-state index contributed by atoms with van der Waals surface area (Å²) in [6.07, 6.45) is 6.66. The summed E-state index contributed by atoms with van der Waals surface area (Å²) in [5.74, 6) is 1.68. The van der Waals surface area contributed by atoms with Gasteiger partial charge in [0.2, 0.25) is 5.13 Å². The highest BCUT2D eigenvalue weighted by Gasteiger charge is 2.27. The molecule has 2 aromatic heterocycles. The number of hydrogen-bond donors (Lipinski definition) is 1. The second-order valence-electron chi connectivity index (χ2n) is 4.08. The molecule has 1 N–H and O–H groups in total. The maximum Gasteiger partial charge on any atom is 0.202 e. The van der Waals surface area contributed by atoms with Crippen molar-refractivity contribution in [2.75, 3.05) is 11.9 Å². The summed E-state index contributed by atoms with van der Waals surface area (Å²) in [6.45, 7) is 1.86. The monoisotopic (exact) mass is 234 g/mol. The van der Waals surface area contributed by atoms with E-state index in [0.29, 0.717) is 5.92 Å². The van der Waals surface area contributed by atoms with Gasteiger partial charge in [-0.15, -0.1) is 0 Å². The van der Waals surface area contributed by atoms with Gasteiger partial charge in [0.15, 0.2) is 0 Å². The molecular weight excluding hydrogens is 220 g/mol. The first-order valence-corrected chi connectivity index (χ1v) is 6.37. The number of nitrogens with one attached hydrogen (secondary N) is 1. The van der Waals surface area contributed by atoms with Crippen LogP contribution in [0.15, 0.2) is 24.5 Å². The number of nitrogens with zero attached hydrogens (tertiary/aromatic N) is 3. The number of hydrogen-bond acceptors (Lipinski definition) is 4. The Morgan fingerprint density at radius 2 is 2.19 bits per heavy atom. The van der Waals surface area contributed by atoms with E-state index in [-0.39, 0.29) is 0 Å². The molecule has 1 fully saturated rings. The van der Waals surface area contributed by atoms with E-state index >= 15 is 0 Å². The molecule has 16 heavy (non-hydrogen) atoms. The second kappa shape index (κ2) is 4.25. The average molecular weight is 234 g/mol. The van der Waals surface area contributed by atoms with Crippen LogP contribution in [-0.2, 0) is 6.54 Å². The third-order valence-electron chi connectivity index (χ3n) is 2.70. The van der Waals surface area contributed by atoms with Gasteiger partial charge in [0.1, 0.15) is 5.82 Å². The van der Waals surface area contributed by atoms with Gasteiger partial charge < -0.3 is 9.88 Å². The summed E-state index contributed by atoms with van der Waals surface area (Å²) < 4.78 is 6.50. The standard InChI is InChI=1S/C11H14N4S/c1-2-7-15(6-1)8-5-12-11-13-10(14-16-11)9-3-4-9/h1-2,6-7,9H,3-5,8H2,(H,12,13,14). The van der Waals surface area contributed by atoms with Gasteiger partial charge in [0.25, 0.3) is 0 Å². The van der Waals surface area contributed by atoms with E-state index in [1.165, 1.54) is 24.4 Å². The second-order valence-corrected chi connectivity index (χ2v) is 4.83. The van der Waals surface area contributed by atoms with Crippen LogP contribution in [0, 0.1) is 0 Å². The van der Waals surface area contributed by atoms with E-state index < -0.39 is 0 Å². The highest BCUT2D eigenvalue weighted by Crippen LogP contribution is 2.39. The van der Waals surface area contributed by atoms with Crippen molar-refractivity contribution in [3.8, 4) is 0 Å². The molecule has 0 aromatic carbocycles. The first-order valence-electron chi connectivity index (χ1n) is 5.60. The Labute approximate surface area is 98.5 Å². The maximum absolute atomic E-state index is 4.48. The van der Waals surface area contributed by atoms with E-state index in [1.807, 2.05) is 12.1 Å². The SMILES string of the molecule is c1ccn(CCNc2nc(C3CC3)ns2)c1. The Hall–Kier alpha value is -1.36. The summed E-state index contributed by atoms with van der Waals surface area (Å²) in [5, 5.41) is 4.26. The molecule has 0 unspecified atom stereocenters. The molecule has 3 rings (SSSR count). The molecule has 4 nitrogen and oxygen atoms in total. The molecule has 5 heteroatoms. The van der Waals surface area contributed by atoms with Crippen LogP contribution in [0.5, 0.6) is 0 Å². The van der Waals surface area contributed by atoms with Crippen molar-refractivity contribution in [2.45, 2.75) is 25.3 Å². The van der Waals surface area contributed by atoms with Crippen LogP contribution in [0.25, 0.3) is 0 Å². The fourth-order valence-electron chi connectivity index (χ4n) is 1.63. The summed E-state index contributed by atoms with van der Waals surface area (Å²) >= 11 is 1.47. The van der Waals surface area contributed by atoms with Crippen LogP contribution < -0.4 is 5.32 Å². The predicted molar refractivity (Wildman–Crippen MR) is 64.8 cm³/mol. The molecule has 1 aliphatic carbocycles. The van der Waals surface area contributed by atoms with E-state index in [0.717, 1.165) is 24.0 Å². The van der Waals surface area contributed by atoms with Crippen LogP contribution in [0.4, 0.5) is 5.13 Å². The Morgan fingerprint density at radius 3 is 2.94 bits per heavy atom. The van der Waals surface area contributed by atoms with Gasteiger partial charge in [-0.05, 0) is 25.0 Å². The summed E-state index contributed by atoms with van der Waals surface area (Å²) in [5.41, 5.74) is 0. The van der Waals surface area contributed by atoms with E-state index in [9.17, 15) is 0 Å². The molecule has 0 aliphatic heterocycles. The predicted octanol–water partition coefficient (Wildman–Crippen LogP) is 2.33. The number of anilines is 1. The zero-order valence-corrected chi connectivity index (χ0v) is 9.78. The normalized spacial score (nSPS) is 15.2. The third kappa shape index (κ3) is 2.24. The molecule has 0 spiro atoms. The minimum Gasteiger partial charge on any atom is -0.358 e. The molecule has 2 heterocycles. The van der Waals surface area contributed by atoms with Crippen molar-refractivity contribution >= 4 is 16.7 Å². The Balaban J connectivity index is 1.50. The number of rotatable bonds is 5. The van der Waals surface area contributed by atoms with Crippen LogP contribution in [-0.4, -0.2) is 20.5 Å². The lowest BCUT2D eigenvalue weighted by Gasteiger charge is -2.02. The first-order chi connectivity index (χ1) is 7.92. The van der Waals surface area contributed by atoms with Gasteiger partial charge in [0, 0.05) is 42.9 Å². The maximum atomic E-state index is 4.48. The molecule has 0 radical (unpaired) electrons. The minimum absolute atomic E-state index is 0.649. The Bertz CT molecular complexity index is 444. The lowest BCUT2D eigenvalue weighted by Crippen LogP contribution is -2.08. The van der Waals surface area contributed by atoms with Gasteiger partial charge in [-0.2, -0.15) is 4.37 Å². The Kier molecular flexibility index (Phi) is 2.61. The molecule has 1 saturated carbocycles. The summed E-state index contributed by atoms with van der Waals surface area (Å²) in [4.78, 5) is 4.48. The molecule has 0 saturated heterocycles. The highest BCUT2D eigenvalue weighted by molar-refractivity contribution is 7.09. The molecule has 0 atom stereocenters. The van der Waals surface area contributed by atoms with Gasteiger partial charge in [0.05, 0.1) is 0 Å². The van der Waals surface area contributed by atoms with Crippen molar-refractivity contribution in [3.05, 3.63) is 30.4 Å². The smallest absolute Gasteiger partial charge is 0.202 e. The molecule has 2 aromatic rings. The van der Waals surface area contributed by atoms with E-state index in [4.69, 9.17) is 0 Å². The van der Waals surface area contributed by atoms with Crippen LogP contribution in [0.3, 0.4) is 0 Å². The molecular formula is C11H14N4S. The molecule has 84 valence electrons. The van der Waals surface area contributed by atoms with Crippen molar-refractivity contribution in [3.63, 3.8) is 0 Å². The average Bonchev–Trinajstić information content (AvgIpc) is 2.83. The van der Waals surface area contributed by atoms with E-state index in [1.54, 1.807) is 0 Å². The third-order valence-corrected chi connectivity index (χ3v) is 3.38. The zero-order chi connectivity index (χ0) is 10.8. The molecule has 0 amide bonds. The topological polar surface area (TPSA) is 42.7 Å². The highest BCUT2D eigenvalue weighted by atomic mass is 32.1. The minimum atomic E-state index is 0.649. The summed E-state index contributed by atoms with van der Waals surface area (Å²) in [7, 11) is 0. The fraction of sp³-hybridized carbons (Fsp3) is 0.455. The van der Waals surface area contributed by atoms with Crippen LogP contribution in [0.1, 0.15) is 24.6 Å².